The fourth-order valence-electron chi connectivity index (χ4n) is 4.97. The van der Waals surface area contributed by atoms with E-state index in [0.29, 0.717) is 12.6 Å². The Balaban J connectivity index is 1.18. The van der Waals surface area contributed by atoms with E-state index in [4.69, 9.17) is 4.74 Å². The number of aryl methyl sites for hydroxylation is 1. The first-order valence-electron chi connectivity index (χ1n) is 11.2. The number of likely N-dealkylation sites (tertiary alicyclic amines) is 1. The third-order valence-corrected chi connectivity index (χ3v) is 7.14. The van der Waals surface area contributed by atoms with Gasteiger partial charge in [-0.3, -0.25) is 9.48 Å². The van der Waals surface area contributed by atoms with Crippen molar-refractivity contribution in [3.05, 3.63) is 48.3 Å². The fraction of sp³-hybridized carbons (Fsp3) is 0.583. The van der Waals surface area contributed by atoms with Crippen LogP contribution in [0.3, 0.4) is 0 Å². The lowest BCUT2D eigenvalue weighted by molar-refractivity contribution is -0.123. The van der Waals surface area contributed by atoms with Crippen LogP contribution in [-0.4, -0.2) is 53.4 Å². The zero-order valence-corrected chi connectivity index (χ0v) is 18.2. The Morgan fingerprint density at radius 2 is 2.10 bits per heavy atom. The molecule has 1 aliphatic carbocycles. The van der Waals surface area contributed by atoms with Gasteiger partial charge in [0.15, 0.2) is 0 Å². The van der Waals surface area contributed by atoms with Crippen molar-refractivity contribution in [3.63, 3.8) is 0 Å². The minimum Gasteiger partial charge on any atom is -0.496 e. The topological polar surface area (TPSA) is 59.4 Å². The smallest absolute Gasteiger partial charge is 0.223 e. The number of rotatable bonds is 9. The van der Waals surface area contributed by atoms with Crippen molar-refractivity contribution in [1.82, 2.24) is 20.0 Å². The number of piperidine rings is 1. The lowest BCUT2D eigenvalue weighted by Crippen LogP contribution is -2.42. The van der Waals surface area contributed by atoms with Crippen LogP contribution in [0.25, 0.3) is 0 Å². The minimum absolute atomic E-state index is 0.205. The van der Waals surface area contributed by atoms with Crippen LogP contribution in [0, 0.1) is 11.3 Å². The molecule has 2 atom stereocenters. The number of nitrogens with zero attached hydrogens (tertiary/aromatic N) is 3. The molecule has 1 aromatic heterocycles. The van der Waals surface area contributed by atoms with Gasteiger partial charge in [0, 0.05) is 37.4 Å². The number of hydrogen-bond acceptors (Lipinski definition) is 4. The second-order valence-electron chi connectivity index (χ2n) is 8.91. The zero-order chi connectivity index (χ0) is 21.0. The first-order chi connectivity index (χ1) is 14.6. The van der Waals surface area contributed by atoms with Gasteiger partial charge in [-0.15, -0.1) is 0 Å². The Bertz CT molecular complexity index is 827. The molecule has 1 amide bonds. The van der Waals surface area contributed by atoms with Gasteiger partial charge in [-0.1, -0.05) is 18.2 Å². The number of para-hydroxylation sites is 1. The van der Waals surface area contributed by atoms with E-state index in [2.05, 4.69) is 28.3 Å². The number of hydrogen-bond donors (Lipinski definition) is 1. The molecule has 2 fully saturated rings. The molecule has 1 saturated carbocycles. The van der Waals surface area contributed by atoms with Crippen molar-refractivity contribution in [2.45, 2.75) is 51.6 Å². The Labute approximate surface area is 179 Å². The van der Waals surface area contributed by atoms with Crippen LogP contribution in [-0.2, 0) is 17.8 Å². The van der Waals surface area contributed by atoms with Crippen molar-refractivity contribution in [3.8, 4) is 5.75 Å². The molecule has 1 aliphatic heterocycles. The highest BCUT2D eigenvalue weighted by molar-refractivity contribution is 5.82. The van der Waals surface area contributed by atoms with E-state index in [1.807, 2.05) is 41.3 Å². The number of benzene rings is 1. The number of nitrogens with one attached hydrogen (secondary N) is 1. The zero-order valence-electron chi connectivity index (χ0n) is 18.2. The average Bonchev–Trinajstić information content (AvgIpc) is 3.21. The predicted molar refractivity (Wildman–Crippen MR) is 117 cm³/mol. The summed E-state index contributed by atoms with van der Waals surface area (Å²) < 4.78 is 7.41. The first kappa shape index (κ1) is 20.9. The molecule has 0 radical (unpaired) electrons. The Hall–Kier alpha value is -2.34. The second-order valence-corrected chi connectivity index (χ2v) is 8.91. The molecule has 6 nitrogen and oxygen atoms in total. The van der Waals surface area contributed by atoms with Crippen LogP contribution >= 0.6 is 0 Å². The van der Waals surface area contributed by atoms with E-state index in [1.54, 1.807) is 7.11 Å². The maximum Gasteiger partial charge on any atom is 0.223 e. The Morgan fingerprint density at radius 3 is 2.83 bits per heavy atom. The molecule has 2 unspecified atom stereocenters. The summed E-state index contributed by atoms with van der Waals surface area (Å²) >= 11 is 0. The maximum absolute atomic E-state index is 12.7. The van der Waals surface area contributed by atoms with Gasteiger partial charge in [-0.25, -0.2) is 0 Å². The Morgan fingerprint density at radius 1 is 1.30 bits per heavy atom. The number of amides is 1. The summed E-state index contributed by atoms with van der Waals surface area (Å²) in [5.41, 5.74) is 1.40. The normalized spacial score (nSPS) is 21.3. The lowest BCUT2D eigenvalue weighted by atomic mass is 9.89. The van der Waals surface area contributed by atoms with Gasteiger partial charge in [0.25, 0.3) is 0 Å². The molecule has 2 aromatic rings. The standard InChI is InChI=1S/C24H34N4O2/c1-19(9-15-28-14-5-12-26-28)27-16-10-24(11-17-27)18-21(24)23(29)25-13-8-20-6-3-4-7-22(20)30-2/h3-7,12,14,19,21H,8-11,13,15-18H2,1-2H3,(H,25,29). The average molecular weight is 411 g/mol. The molecule has 1 aromatic carbocycles. The third kappa shape index (κ3) is 4.69. The third-order valence-electron chi connectivity index (χ3n) is 7.14. The molecule has 30 heavy (non-hydrogen) atoms. The van der Waals surface area contributed by atoms with Crippen molar-refractivity contribution >= 4 is 5.91 Å². The van der Waals surface area contributed by atoms with Gasteiger partial charge in [-0.05, 0) is 75.2 Å². The van der Waals surface area contributed by atoms with Gasteiger partial charge in [0.2, 0.25) is 5.91 Å². The fourth-order valence-corrected chi connectivity index (χ4v) is 4.97. The molecule has 1 saturated heterocycles. The largest absolute Gasteiger partial charge is 0.496 e. The molecule has 162 valence electrons. The van der Waals surface area contributed by atoms with Gasteiger partial charge in [0.05, 0.1) is 7.11 Å². The van der Waals surface area contributed by atoms with Crippen LogP contribution in [0.1, 0.15) is 38.2 Å². The highest BCUT2D eigenvalue weighted by Crippen LogP contribution is 2.59. The van der Waals surface area contributed by atoms with E-state index >= 15 is 0 Å². The monoisotopic (exact) mass is 410 g/mol. The number of carbonyl (C=O) groups is 1. The molecular formula is C24H34N4O2. The number of methoxy groups -OCH3 is 1. The quantitative estimate of drug-likeness (QED) is 0.690. The summed E-state index contributed by atoms with van der Waals surface area (Å²) in [6.45, 7) is 6.16. The summed E-state index contributed by atoms with van der Waals surface area (Å²) in [5, 5.41) is 7.46. The van der Waals surface area contributed by atoms with Crippen molar-refractivity contribution in [1.29, 1.82) is 0 Å². The molecular weight excluding hydrogens is 376 g/mol. The van der Waals surface area contributed by atoms with Gasteiger partial charge in [-0.2, -0.15) is 5.10 Å². The van der Waals surface area contributed by atoms with Crippen LogP contribution in [0.15, 0.2) is 42.7 Å². The van der Waals surface area contributed by atoms with Crippen molar-refractivity contribution in [2.24, 2.45) is 11.3 Å². The number of ether oxygens (including phenoxy) is 1. The predicted octanol–water partition coefficient (Wildman–Crippen LogP) is 3.13. The van der Waals surface area contributed by atoms with Gasteiger partial charge in [0.1, 0.15) is 5.75 Å². The molecule has 1 N–H and O–H groups in total. The van der Waals surface area contributed by atoms with E-state index in [-0.39, 0.29) is 17.2 Å². The SMILES string of the molecule is COc1ccccc1CCNC(=O)C1CC12CCN(C(C)CCn1cccn1)CC2. The summed E-state index contributed by atoms with van der Waals surface area (Å²) in [4.78, 5) is 15.3. The number of carbonyl (C=O) groups excluding carboxylic acids is 1. The molecule has 1 spiro atoms. The lowest BCUT2D eigenvalue weighted by Gasteiger charge is -2.36. The highest BCUT2D eigenvalue weighted by Gasteiger charge is 2.58. The van der Waals surface area contributed by atoms with Gasteiger partial charge >= 0.3 is 0 Å². The second kappa shape index (κ2) is 9.21. The van der Waals surface area contributed by atoms with E-state index < -0.39 is 0 Å². The Kier molecular flexibility index (Phi) is 6.42. The van der Waals surface area contributed by atoms with Crippen molar-refractivity contribution in [2.75, 3.05) is 26.7 Å². The molecule has 6 heteroatoms. The number of aromatic nitrogens is 2. The summed E-state index contributed by atoms with van der Waals surface area (Å²) in [6.07, 6.45) is 9.12. The highest BCUT2D eigenvalue weighted by atomic mass is 16.5. The summed E-state index contributed by atoms with van der Waals surface area (Å²) in [5.74, 6) is 1.34. The molecule has 2 aliphatic rings. The van der Waals surface area contributed by atoms with E-state index in [0.717, 1.165) is 63.1 Å². The maximum atomic E-state index is 12.7. The van der Waals surface area contributed by atoms with Crippen LogP contribution < -0.4 is 10.1 Å². The van der Waals surface area contributed by atoms with Crippen molar-refractivity contribution < 1.29 is 9.53 Å². The van der Waals surface area contributed by atoms with Crippen LogP contribution in [0.5, 0.6) is 5.75 Å². The molecule has 4 rings (SSSR count). The minimum atomic E-state index is 0.205. The molecule has 0 bridgehead atoms. The molecule has 2 heterocycles. The van der Waals surface area contributed by atoms with Crippen LogP contribution in [0.2, 0.25) is 0 Å². The van der Waals surface area contributed by atoms with E-state index in [1.165, 1.54) is 0 Å². The summed E-state index contributed by atoms with van der Waals surface area (Å²) in [6, 6.07) is 10.5. The summed E-state index contributed by atoms with van der Waals surface area (Å²) in [7, 11) is 1.69. The van der Waals surface area contributed by atoms with Gasteiger partial charge < -0.3 is 15.0 Å². The van der Waals surface area contributed by atoms with E-state index in [9.17, 15) is 4.79 Å². The first-order valence-corrected chi connectivity index (χ1v) is 11.2. The van der Waals surface area contributed by atoms with Crippen LogP contribution in [0.4, 0.5) is 0 Å².